The molecule has 3 atom stereocenters. The van der Waals surface area contributed by atoms with Gasteiger partial charge in [0.15, 0.2) is 5.65 Å². The Kier molecular flexibility index (Phi) is 6.22. The van der Waals surface area contributed by atoms with E-state index in [1.165, 1.54) is 18.3 Å². The van der Waals surface area contributed by atoms with E-state index in [1.807, 2.05) is 22.6 Å². The van der Waals surface area contributed by atoms with Crippen molar-refractivity contribution in [2.75, 3.05) is 32.8 Å². The number of nitrogens with zero attached hydrogens (tertiary/aromatic N) is 6. The van der Waals surface area contributed by atoms with Gasteiger partial charge in [0.2, 0.25) is 11.8 Å². The summed E-state index contributed by atoms with van der Waals surface area (Å²) >= 11 is 0. The van der Waals surface area contributed by atoms with Crippen LogP contribution in [0.5, 0.6) is 5.88 Å². The smallest absolute Gasteiger partial charge is 0.433 e. The SMILES string of the molecule is CC(=O)N1CCC(c2cc3nc(C(=O)N4C[C@@H]5C(COc6cccc(C(F)(F)F)n6)[C@@H]5C4)cnc3n2C)CC1. The van der Waals surface area contributed by atoms with Gasteiger partial charge in [-0.05, 0) is 36.8 Å². The Morgan fingerprint density at radius 3 is 2.46 bits per heavy atom. The molecule has 0 bridgehead atoms. The molecule has 12 heteroatoms. The molecule has 0 N–H and O–H groups in total. The Balaban J connectivity index is 1.06. The van der Waals surface area contributed by atoms with E-state index < -0.39 is 11.9 Å². The topological polar surface area (TPSA) is 93.5 Å². The van der Waals surface area contributed by atoms with E-state index in [2.05, 4.69) is 15.0 Å². The van der Waals surface area contributed by atoms with Gasteiger partial charge < -0.3 is 19.1 Å². The predicted molar refractivity (Wildman–Crippen MR) is 134 cm³/mol. The number of rotatable bonds is 5. The van der Waals surface area contributed by atoms with Gasteiger partial charge in [-0.1, -0.05) is 6.07 Å². The number of amides is 2. The molecular weight excluding hydrogens is 513 g/mol. The third-order valence-corrected chi connectivity index (χ3v) is 8.44. The maximum Gasteiger partial charge on any atom is 0.433 e. The van der Waals surface area contributed by atoms with E-state index in [0.29, 0.717) is 30.2 Å². The number of hydrogen-bond acceptors (Lipinski definition) is 6. The Morgan fingerprint density at radius 2 is 1.79 bits per heavy atom. The second-order valence-corrected chi connectivity index (χ2v) is 10.7. The molecule has 206 valence electrons. The minimum Gasteiger partial charge on any atom is -0.477 e. The third kappa shape index (κ3) is 4.80. The van der Waals surface area contributed by atoms with Gasteiger partial charge in [-0.15, -0.1) is 0 Å². The Morgan fingerprint density at radius 1 is 1.08 bits per heavy atom. The number of fused-ring (bicyclic) bond motifs is 2. The summed E-state index contributed by atoms with van der Waals surface area (Å²) in [5, 5.41) is 0. The van der Waals surface area contributed by atoms with Crippen molar-refractivity contribution < 1.29 is 27.5 Å². The average Bonchev–Trinajstić information content (AvgIpc) is 3.21. The number of halogens is 3. The molecule has 0 aromatic carbocycles. The van der Waals surface area contributed by atoms with Gasteiger partial charge in [0.05, 0.1) is 12.8 Å². The van der Waals surface area contributed by atoms with E-state index in [-0.39, 0.29) is 42.1 Å². The number of likely N-dealkylation sites (tertiary alicyclic amines) is 2. The van der Waals surface area contributed by atoms with Crippen molar-refractivity contribution >= 4 is 23.0 Å². The summed E-state index contributed by atoms with van der Waals surface area (Å²) in [6.07, 6.45) is -1.24. The highest BCUT2D eigenvalue weighted by Crippen LogP contribution is 2.52. The molecular formula is C27H29F3N6O3. The number of pyridine rings is 1. The van der Waals surface area contributed by atoms with Crippen LogP contribution in [-0.4, -0.2) is 73.9 Å². The molecule has 0 spiro atoms. The first-order chi connectivity index (χ1) is 18.6. The Hall–Kier alpha value is -3.70. The number of piperidine rings is 2. The summed E-state index contributed by atoms with van der Waals surface area (Å²) < 4.78 is 46.2. The number of ether oxygens (including phenoxy) is 1. The zero-order chi connectivity index (χ0) is 27.5. The molecule has 3 aromatic rings. The zero-order valence-corrected chi connectivity index (χ0v) is 21.7. The fourth-order valence-corrected chi connectivity index (χ4v) is 6.16. The van der Waals surface area contributed by atoms with Crippen molar-refractivity contribution in [3.63, 3.8) is 0 Å². The number of aromatic nitrogens is 4. The quantitative estimate of drug-likeness (QED) is 0.490. The van der Waals surface area contributed by atoms with Gasteiger partial charge in [0, 0.05) is 63.7 Å². The number of carbonyl (C=O) groups excluding carboxylic acids is 2. The fraction of sp³-hybridized carbons (Fsp3) is 0.519. The summed E-state index contributed by atoms with van der Waals surface area (Å²) in [6.45, 7) is 4.44. The van der Waals surface area contributed by atoms with Crippen LogP contribution in [0.2, 0.25) is 0 Å². The maximum atomic E-state index is 13.2. The van der Waals surface area contributed by atoms with Crippen molar-refractivity contribution in [1.82, 2.24) is 29.3 Å². The van der Waals surface area contributed by atoms with E-state index >= 15 is 0 Å². The molecule has 39 heavy (non-hydrogen) atoms. The predicted octanol–water partition coefficient (Wildman–Crippen LogP) is 3.51. The van der Waals surface area contributed by atoms with Crippen LogP contribution in [0.3, 0.4) is 0 Å². The van der Waals surface area contributed by atoms with Gasteiger partial charge in [-0.25, -0.2) is 15.0 Å². The summed E-state index contributed by atoms with van der Waals surface area (Å²) in [5.41, 5.74) is 1.83. The molecule has 1 aliphatic carbocycles. The monoisotopic (exact) mass is 542 g/mol. The fourth-order valence-electron chi connectivity index (χ4n) is 6.16. The van der Waals surface area contributed by atoms with Crippen LogP contribution in [0.1, 0.15) is 47.6 Å². The lowest BCUT2D eigenvalue weighted by atomic mass is 9.93. The van der Waals surface area contributed by atoms with Crippen molar-refractivity contribution in [2.24, 2.45) is 24.8 Å². The average molecular weight is 543 g/mol. The molecule has 3 fully saturated rings. The summed E-state index contributed by atoms with van der Waals surface area (Å²) in [6, 6.07) is 5.62. The van der Waals surface area contributed by atoms with Crippen molar-refractivity contribution in [1.29, 1.82) is 0 Å². The molecule has 0 radical (unpaired) electrons. The largest absolute Gasteiger partial charge is 0.477 e. The zero-order valence-electron chi connectivity index (χ0n) is 21.7. The second kappa shape index (κ2) is 9.49. The number of carbonyl (C=O) groups is 2. The number of alkyl halides is 3. The molecule has 2 aliphatic heterocycles. The minimum absolute atomic E-state index is 0.0436. The molecule has 6 rings (SSSR count). The van der Waals surface area contributed by atoms with E-state index in [0.717, 1.165) is 43.3 Å². The highest BCUT2D eigenvalue weighted by Gasteiger charge is 2.57. The van der Waals surface area contributed by atoms with Crippen molar-refractivity contribution in [3.8, 4) is 5.88 Å². The van der Waals surface area contributed by atoms with Crippen LogP contribution in [-0.2, 0) is 18.0 Å². The number of hydrogen-bond donors (Lipinski definition) is 0. The first-order valence-corrected chi connectivity index (χ1v) is 13.1. The van der Waals surface area contributed by atoms with E-state index in [9.17, 15) is 22.8 Å². The highest BCUT2D eigenvalue weighted by atomic mass is 19.4. The number of aryl methyl sites for hydroxylation is 1. The summed E-state index contributed by atoms with van der Waals surface area (Å²) in [5.74, 6) is 0.875. The Labute approximate surface area is 223 Å². The van der Waals surface area contributed by atoms with Gasteiger partial charge in [0.25, 0.3) is 5.91 Å². The van der Waals surface area contributed by atoms with Crippen LogP contribution < -0.4 is 4.74 Å². The highest BCUT2D eigenvalue weighted by molar-refractivity contribution is 5.94. The van der Waals surface area contributed by atoms with E-state index in [4.69, 9.17) is 4.74 Å². The van der Waals surface area contributed by atoms with Crippen LogP contribution in [0.25, 0.3) is 11.2 Å². The van der Waals surface area contributed by atoms with Gasteiger partial charge in [-0.3, -0.25) is 9.59 Å². The minimum atomic E-state index is -4.52. The maximum absolute atomic E-state index is 13.2. The molecule has 1 unspecified atom stereocenters. The third-order valence-electron chi connectivity index (χ3n) is 8.44. The molecule has 9 nitrogen and oxygen atoms in total. The molecule has 1 saturated carbocycles. The molecule has 2 saturated heterocycles. The van der Waals surface area contributed by atoms with Crippen LogP contribution in [0, 0.1) is 17.8 Å². The van der Waals surface area contributed by atoms with Gasteiger partial charge in [0.1, 0.15) is 16.9 Å². The Bertz CT molecular complexity index is 1420. The molecule has 3 aromatic heterocycles. The van der Waals surface area contributed by atoms with E-state index in [1.54, 1.807) is 11.8 Å². The second-order valence-electron chi connectivity index (χ2n) is 10.7. The summed E-state index contributed by atoms with van der Waals surface area (Å²) in [4.78, 5) is 41.2. The van der Waals surface area contributed by atoms with Gasteiger partial charge in [-0.2, -0.15) is 13.2 Å². The molecule has 2 amide bonds. The van der Waals surface area contributed by atoms with Crippen molar-refractivity contribution in [3.05, 3.63) is 47.5 Å². The van der Waals surface area contributed by atoms with Gasteiger partial charge >= 0.3 is 6.18 Å². The lowest BCUT2D eigenvalue weighted by molar-refractivity contribution is -0.141. The lowest BCUT2D eigenvalue weighted by Gasteiger charge is -2.31. The van der Waals surface area contributed by atoms with Crippen LogP contribution >= 0.6 is 0 Å². The molecule has 3 aliphatic rings. The van der Waals surface area contributed by atoms with Crippen LogP contribution in [0.15, 0.2) is 30.5 Å². The first-order valence-electron chi connectivity index (χ1n) is 13.1. The standard InChI is InChI=1S/C27H29F3N6O3/c1-15(37)35-8-6-16(7-9-35)22-10-20-25(34(22)2)31-11-21(32-20)26(38)36-12-17-18(13-36)19(17)14-39-24-5-3-4-23(33-24)27(28,29)30/h3-5,10-11,16-19H,6-9,12-14H2,1-2H3/t17-,18+,19?. The first kappa shape index (κ1) is 25.6. The lowest BCUT2D eigenvalue weighted by Crippen LogP contribution is -2.36. The van der Waals surface area contributed by atoms with Crippen LogP contribution in [0.4, 0.5) is 13.2 Å². The van der Waals surface area contributed by atoms with Crippen molar-refractivity contribution in [2.45, 2.75) is 31.9 Å². The normalized spacial score (nSPS) is 23.3. The summed E-state index contributed by atoms with van der Waals surface area (Å²) in [7, 11) is 1.95. The molecule has 5 heterocycles.